The molecule has 0 saturated carbocycles. The van der Waals surface area contributed by atoms with Gasteiger partial charge in [-0.05, 0) is 44.6 Å². The number of likely N-dealkylation sites (tertiary alicyclic amines) is 1. The Morgan fingerprint density at radius 1 is 1.00 bits per heavy atom. The van der Waals surface area contributed by atoms with Gasteiger partial charge < -0.3 is 0 Å². The Labute approximate surface area is 148 Å². The molecule has 2 aliphatic rings. The van der Waals surface area contributed by atoms with Crippen LogP contribution in [-0.2, 0) is 16.0 Å². The summed E-state index contributed by atoms with van der Waals surface area (Å²) in [5.74, 6) is -0.790. The summed E-state index contributed by atoms with van der Waals surface area (Å²) in [5, 5.41) is 0. The predicted octanol–water partition coefficient (Wildman–Crippen LogP) is 2.10. The highest BCUT2D eigenvalue weighted by molar-refractivity contribution is 6.44. The van der Waals surface area contributed by atoms with Crippen LogP contribution in [-0.4, -0.2) is 58.3 Å². The van der Waals surface area contributed by atoms with E-state index in [1.54, 1.807) is 13.8 Å². The lowest BCUT2D eigenvalue weighted by Crippen LogP contribution is -2.46. The van der Waals surface area contributed by atoms with Gasteiger partial charge in [0.2, 0.25) is 0 Å². The second-order valence-corrected chi connectivity index (χ2v) is 7.18. The van der Waals surface area contributed by atoms with E-state index in [2.05, 4.69) is 29.2 Å². The van der Waals surface area contributed by atoms with E-state index in [4.69, 9.17) is 0 Å². The van der Waals surface area contributed by atoms with E-state index in [0.717, 1.165) is 42.2 Å². The van der Waals surface area contributed by atoms with Gasteiger partial charge in [-0.3, -0.25) is 19.4 Å². The lowest BCUT2D eigenvalue weighted by Gasteiger charge is -2.33. The molecular weight excluding hydrogens is 318 g/mol. The van der Waals surface area contributed by atoms with Crippen molar-refractivity contribution < 1.29 is 14.4 Å². The Morgan fingerprint density at radius 3 is 2.20 bits per heavy atom. The summed E-state index contributed by atoms with van der Waals surface area (Å²) in [5.41, 5.74) is 1.35. The van der Waals surface area contributed by atoms with Gasteiger partial charge in [0.05, 0.1) is 6.67 Å². The van der Waals surface area contributed by atoms with E-state index in [9.17, 15) is 14.4 Å². The van der Waals surface area contributed by atoms with Crippen molar-refractivity contribution in [1.82, 2.24) is 14.7 Å². The fraction of sp³-hybridized carbons (Fsp3) is 0.526. The quantitative estimate of drug-likeness (QED) is 0.607. The van der Waals surface area contributed by atoms with Crippen molar-refractivity contribution in [2.24, 2.45) is 5.92 Å². The number of carbonyl (C=O) groups is 3. The molecule has 0 aliphatic carbocycles. The van der Waals surface area contributed by atoms with Crippen molar-refractivity contribution in [2.75, 3.05) is 19.8 Å². The van der Waals surface area contributed by atoms with Crippen LogP contribution in [0, 0.1) is 5.92 Å². The van der Waals surface area contributed by atoms with E-state index < -0.39 is 17.8 Å². The summed E-state index contributed by atoms with van der Waals surface area (Å²) in [6, 6.07) is 9.67. The largest absolute Gasteiger partial charge is 0.335 e. The summed E-state index contributed by atoms with van der Waals surface area (Å²) < 4.78 is 0. The maximum Gasteiger partial charge on any atom is 0.335 e. The molecule has 0 unspecified atom stereocenters. The number of amides is 4. The minimum atomic E-state index is -0.709. The fourth-order valence-electron chi connectivity index (χ4n) is 3.58. The van der Waals surface area contributed by atoms with Crippen LogP contribution in [0.2, 0.25) is 0 Å². The zero-order valence-electron chi connectivity index (χ0n) is 14.9. The van der Waals surface area contributed by atoms with Gasteiger partial charge in [-0.25, -0.2) is 9.69 Å². The molecule has 134 valence electrons. The van der Waals surface area contributed by atoms with Crippen LogP contribution in [0.1, 0.15) is 32.3 Å². The maximum atomic E-state index is 12.3. The normalized spacial score (nSPS) is 20.2. The summed E-state index contributed by atoms with van der Waals surface area (Å²) in [7, 11) is 0. The van der Waals surface area contributed by atoms with E-state index in [1.807, 2.05) is 6.07 Å². The number of urea groups is 1. The van der Waals surface area contributed by atoms with Gasteiger partial charge in [-0.1, -0.05) is 30.3 Å². The standard InChI is InChI=1S/C19H25N3O3/c1-14(2)22-18(24)17(23)21(19(22)25)13-20-10-8-16(9-11-20)12-15-6-4-3-5-7-15/h3-7,14,16H,8-13H2,1-2H3. The van der Waals surface area contributed by atoms with E-state index in [-0.39, 0.29) is 12.7 Å². The number of carbonyl (C=O) groups excluding carboxylic acids is 3. The molecule has 0 radical (unpaired) electrons. The molecule has 2 fully saturated rings. The Kier molecular flexibility index (Phi) is 5.18. The lowest BCUT2D eigenvalue weighted by molar-refractivity contribution is -0.144. The van der Waals surface area contributed by atoms with Crippen molar-refractivity contribution in [3.05, 3.63) is 35.9 Å². The highest BCUT2D eigenvalue weighted by Crippen LogP contribution is 2.23. The van der Waals surface area contributed by atoms with Gasteiger partial charge in [0, 0.05) is 19.1 Å². The van der Waals surface area contributed by atoms with Gasteiger partial charge in [0.1, 0.15) is 0 Å². The number of benzene rings is 1. The average Bonchev–Trinajstić information content (AvgIpc) is 2.81. The highest BCUT2D eigenvalue weighted by Gasteiger charge is 2.46. The molecule has 1 aromatic carbocycles. The van der Waals surface area contributed by atoms with Crippen molar-refractivity contribution >= 4 is 17.8 Å². The lowest BCUT2D eigenvalue weighted by atomic mass is 9.90. The maximum absolute atomic E-state index is 12.3. The summed E-state index contributed by atoms with van der Waals surface area (Å²) in [6.45, 7) is 5.36. The number of hydrogen-bond donors (Lipinski definition) is 0. The molecule has 1 aromatic rings. The number of imide groups is 2. The first kappa shape index (κ1) is 17.6. The molecule has 6 nitrogen and oxygen atoms in total. The Bertz CT molecular complexity index is 651. The Morgan fingerprint density at radius 2 is 1.64 bits per heavy atom. The van der Waals surface area contributed by atoms with Crippen LogP contribution < -0.4 is 0 Å². The molecule has 2 aliphatic heterocycles. The zero-order valence-corrected chi connectivity index (χ0v) is 14.9. The molecule has 6 heteroatoms. The fourth-order valence-corrected chi connectivity index (χ4v) is 3.58. The number of hydrogen-bond acceptors (Lipinski definition) is 4. The molecule has 3 rings (SSSR count). The minimum absolute atomic E-state index is 0.213. The van der Waals surface area contributed by atoms with Gasteiger partial charge in [-0.15, -0.1) is 0 Å². The number of piperidine rings is 1. The van der Waals surface area contributed by atoms with Gasteiger partial charge >= 0.3 is 17.8 Å². The average molecular weight is 343 g/mol. The zero-order chi connectivity index (χ0) is 18.0. The van der Waals surface area contributed by atoms with Crippen LogP contribution in [0.15, 0.2) is 30.3 Å². The van der Waals surface area contributed by atoms with Crippen LogP contribution in [0.3, 0.4) is 0 Å². The second kappa shape index (κ2) is 7.35. The molecule has 25 heavy (non-hydrogen) atoms. The topological polar surface area (TPSA) is 60.9 Å². The third-order valence-electron chi connectivity index (χ3n) is 5.02. The summed E-state index contributed by atoms with van der Waals surface area (Å²) in [6.07, 6.45) is 3.13. The summed E-state index contributed by atoms with van der Waals surface area (Å²) in [4.78, 5) is 40.6. The first-order chi connectivity index (χ1) is 12.0. The molecule has 0 N–H and O–H groups in total. The van der Waals surface area contributed by atoms with Crippen molar-refractivity contribution in [3.63, 3.8) is 0 Å². The molecule has 2 saturated heterocycles. The van der Waals surface area contributed by atoms with Crippen LogP contribution in [0.4, 0.5) is 4.79 Å². The highest BCUT2D eigenvalue weighted by atomic mass is 16.2. The van der Waals surface area contributed by atoms with Gasteiger partial charge in [0.25, 0.3) is 0 Å². The molecule has 4 amide bonds. The SMILES string of the molecule is CC(C)N1C(=O)C(=O)N(CN2CCC(Cc3ccccc3)CC2)C1=O. The molecule has 0 spiro atoms. The smallest absolute Gasteiger partial charge is 0.285 e. The van der Waals surface area contributed by atoms with Crippen molar-refractivity contribution in [2.45, 2.75) is 39.2 Å². The predicted molar refractivity (Wildman–Crippen MR) is 93.5 cm³/mol. The van der Waals surface area contributed by atoms with Gasteiger partial charge in [-0.2, -0.15) is 0 Å². The molecular formula is C19H25N3O3. The van der Waals surface area contributed by atoms with Gasteiger partial charge in [0.15, 0.2) is 0 Å². The first-order valence-electron chi connectivity index (χ1n) is 8.92. The molecule has 0 bridgehead atoms. The van der Waals surface area contributed by atoms with Crippen molar-refractivity contribution in [1.29, 1.82) is 0 Å². The third kappa shape index (κ3) is 3.74. The second-order valence-electron chi connectivity index (χ2n) is 7.18. The molecule has 0 aromatic heterocycles. The third-order valence-corrected chi connectivity index (χ3v) is 5.02. The Balaban J connectivity index is 1.53. The minimum Gasteiger partial charge on any atom is -0.285 e. The van der Waals surface area contributed by atoms with Crippen LogP contribution >= 0.6 is 0 Å². The number of rotatable bonds is 5. The number of nitrogens with zero attached hydrogens (tertiary/aromatic N) is 3. The van der Waals surface area contributed by atoms with Crippen LogP contribution in [0.25, 0.3) is 0 Å². The van der Waals surface area contributed by atoms with E-state index in [0.29, 0.717) is 5.92 Å². The molecule has 2 heterocycles. The Hall–Kier alpha value is -2.21. The monoisotopic (exact) mass is 343 g/mol. The first-order valence-corrected chi connectivity index (χ1v) is 8.92. The molecule has 0 atom stereocenters. The van der Waals surface area contributed by atoms with Crippen molar-refractivity contribution in [3.8, 4) is 0 Å². The van der Waals surface area contributed by atoms with E-state index in [1.165, 1.54) is 5.56 Å². The summed E-state index contributed by atoms with van der Waals surface area (Å²) >= 11 is 0. The van der Waals surface area contributed by atoms with Crippen LogP contribution in [0.5, 0.6) is 0 Å². The van der Waals surface area contributed by atoms with E-state index >= 15 is 0 Å².